The van der Waals surface area contributed by atoms with Crippen LogP contribution in [-0.4, -0.2) is 42.0 Å². The highest BCUT2D eigenvalue weighted by molar-refractivity contribution is 8.26. The SMILES string of the molecule is C=CCN1C(=O)C(=Cc2ccc(OCCCOc3ccc(C)cc3C)c(OC)c2)SC1=S. The second-order valence-electron chi connectivity index (χ2n) is 7.31. The molecule has 7 heteroatoms. The number of nitrogens with zero attached hydrogens (tertiary/aromatic N) is 1. The quantitative estimate of drug-likeness (QED) is 0.197. The summed E-state index contributed by atoms with van der Waals surface area (Å²) in [6.07, 6.45) is 4.21. The van der Waals surface area contributed by atoms with Gasteiger partial charge in [0.1, 0.15) is 10.1 Å². The molecule has 32 heavy (non-hydrogen) atoms. The van der Waals surface area contributed by atoms with Gasteiger partial charge >= 0.3 is 0 Å². The first-order valence-corrected chi connectivity index (χ1v) is 11.5. The molecule has 1 heterocycles. The normalized spacial score (nSPS) is 14.7. The van der Waals surface area contributed by atoms with E-state index in [0.717, 1.165) is 23.3 Å². The summed E-state index contributed by atoms with van der Waals surface area (Å²) in [6, 6.07) is 11.7. The van der Waals surface area contributed by atoms with E-state index >= 15 is 0 Å². The highest BCUT2D eigenvalue weighted by Gasteiger charge is 2.31. The van der Waals surface area contributed by atoms with Crippen molar-refractivity contribution in [2.45, 2.75) is 20.3 Å². The van der Waals surface area contributed by atoms with Crippen LogP contribution < -0.4 is 14.2 Å². The van der Waals surface area contributed by atoms with E-state index in [1.165, 1.54) is 22.2 Å². The van der Waals surface area contributed by atoms with Gasteiger partial charge in [0.2, 0.25) is 0 Å². The lowest BCUT2D eigenvalue weighted by Gasteiger charge is -2.13. The summed E-state index contributed by atoms with van der Waals surface area (Å²) in [5.74, 6) is 2.05. The molecule has 0 aliphatic carbocycles. The number of amides is 1. The van der Waals surface area contributed by atoms with E-state index in [-0.39, 0.29) is 5.91 Å². The zero-order valence-electron chi connectivity index (χ0n) is 18.6. The van der Waals surface area contributed by atoms with Crippen LogP contribution >= 0.6 is 24.0 Å². The van der Waals surface area contributed by atoms with Crippen molar-refractivity contribution in [3.63, 3.8) is 0 Å². The van der Waals surface area contributed by atoms with Crippen LogP contribution in [0.25, 0.3) is 6.08 Å². The minimum Gasteiger partial charge on any atom is -0.493 e. The highest BCUT2D eigenvalue weighted by atomic mass is 32.2. The van der Waals surface area contributed by atoms with Crippen LogP contribution in [0.1, 0.15) is 23.1 Å². The number of thioether (sulfide) groups is 1. The first-order chi connectivity index (χ1) is 15.4. The smallest absolute Gasteiger partial charge is 0.266 e. The fourth-order valence-corrected chi connectivity index (χ4v) is 4.49. The van der Waals surface area contributed by atoms with Gasteiger partial charge in [0, 0.05) is 13.0 Å². The van der Waals surface area contributed by atoms with Crippen LogP contribution in [-0.2, 0) is 4.79 Å². The van der Waals surface area contributed by atoms with E-state index in [9.17, 15) is 4.79 Å². The molecule has 0 spiro atoms. The molecule has 1 aliphatic rings. The van der Waals surface area contributed by atoms with Crippen LogP contribution in [0.3, 0.4) is 0 Å². The Hall–Kier alpha value is -2.77. The van der Waals surface area contributed by atoms with E-state index < -0.39 is 0 Å². The first-order valence-electron chi connectivity index (χ1n) is 10.3. The molecule has 0 radical (unpaired) electrons. The van der Waals surface area contributed by atoms with Crippen molar-refractivity contribution in [3.8, 4) is 17.2 Å². The van der Waals surface area contributed by atoms with Crippen LogP contribution in [0, 0.1) is 13.8 Å². The Kier molecular flexibility index (Phi) is 8.36. The number of benzene rings is 2. The average molecular weight is 470 g/mol. The third kappa shape index (κ3) is 5.93. The second kappa shape index (κ2) is 11.2. The zero-order chi connectivity index (χ0) is 23.1. The second-order valence-corrected chi connectivity index (χ2v) is 8.99. The molecule has 0 bridgehead atoms. The summed E-state index contributed by atoms with van der Waals surface area (Å²) in [4.78, 5) is 14.6. The number of aryl methyl sites for hydroxylation is 2. The number of hydrogen-bond acceptors (Lipinski definition) is 6. The standard InChI is InChI=1S/C25H27NO4S2/c1-5-11-26-24(27)23(32-25(26)31)16-19-8-10-21(22(15-19)28-4)30-13-6-12-29-20-9-7-17(2)14-18(20)3/h5,7-10,14-16H,1,6,11-13H2,2-4H3. The van der Waals surface area contributed by atoms with Crippen molar-refractivity contribution >= 4 is 40.3 Å². The van der Waals surface area contributed by atoms with Gasteiger partial charge < -0.3 is 14.2 Å². The maximum atomic E-state index is 12.5. The maximum absolute atomic E-state index is 12.5. The minimum atomic E-state index is -0.108. The molecule has 1 saturated heterocycles. The summed E-state index contributed by atoms with van der Waals surface area (Å²) in [5.41, 5.74) is 3.19. The summed E-state index contributed by atoms with van der Waals surface area (Å²) in [5, 5.41) is 0. The number of methoxy groups -OCH3 is 1. The van der Waals surface area contributed by atoms with Crippen molar-refractivity contribution in [1.82, 2.24) is 4.90 Å². The van der Waals surface area contributed by atoms with Crippen LogP contribution in [0.4, 0.5) is 0 Å². The summed E-state index contributed by atoms with van der Waals surface area (Å²) < 4.78 is 17.8. The Morgan fingerprint density at radius 1 is 1.06 bits per heavy atom. The lowest BCUT2D eigenvalue weighted by molar-refractivity contribution is -0.121. The highest BCUT2D eigenvalue weighted by Crippen LogP contribution is 2.34. The molecule has 2 aromatic carbocycles. The third-order valence-electron chi connectivity index (χ3n) is 4.80. The molecule has 5 nitrogen and oxygen atoms in total. The average Bonchev–Trinajstić information content (AvgIpc) is 3.03. The Morgan fingerprint density at radius 3 is 2.47 bits per heavy atom. The lowest BCUT2D eigenvalue weighted by atomic mass is 10.1. The van der Waals surface area contributed by atoms with Gasteiger partial charge in [-0.25, -0.2) is 0 Å². The van der Waals surface area contributed by atoms with Crippen molar-refractivity contribution in [1.29, 1.82) is 0 Å². The molecular formula is C25H27NO4S2. The number of carbonyl (C=O) groups is 1. The van der Waals surface area contributed by atoms with Crippen molar-refractivity contribution in [2.75, 3.05) is 26.9 Å². The van der Waals surface area contributed by atoms with Crippen molar-refractivity contribution < 1.29 is 19.0 Å². The summed E-state index contributed by atoms with van der Waals surface area (Å²) in [7, 11) is 1.60. The lowest BCUT2D eigenvalue weighted by Crippen LogP contribution is -2.27. The van der Waals surface area contributed by atoms with E-state index in [1.807, 2.05) is 43.3 Å². The molecule has 1 fully saturated rings. The Bertz CT molecular complexity index is 1050. The number of thiocarbonyl (C=S) groups is 1. The molecule has 3 rings (SSSR count). The third-order valence-corrected chi connectivity index (χ3v) is 6.18. The molecule has 0 saturated carbocycles. The Labute approximate surface area is 199 Å². The van der Waals surface area contributed by atoms with Crippen LogP contribution in [0.15, 0.2) is 54.0 Å². The number of ether oxygens (including phenoxy) is 3. The number of carbonyl (C=O) groups excluding carboxylic acids is 1. The van der Waals surface area contributed by atoms with Crippen LogP contribution in [0.2, 0.25) is 0 Å². The fourth-order valence-electron chi connectivity index (χ4n) is 3.22. The molecule has 0 aromatic heterocycles. The van der Waals surface area contributed by atoms with E-state index in [1.54, 1.807) is 13.2 Å². The summed E-state index contributed by atoms with van der Waals surface area (Å²) >= 11 is 6.57. The molecule has 1 aliphatic heterocycles. The van der Waals surface area contributed by atoms with E-state index in [0.29, 0.717) is 40.5 Å². The molecule has 0 N–H and O–H groups in total. The van der Waals surface area contributed by atoms with Gasteiger partial charge in [-0.1, -0.05) is 53.8 Å². The first kappa shape index (κ1) is 23.9. The van der Waals surface area contributed by atoms with Crippen LogP contribution in [0.5, 0.6) is 17.2 Å². The molecule has 2 aromatic rings. The van der Waals surface area contributed by atoms with E-state index in [2.05, 4.69) is 19.6 Å². The summed E-state index contributed by atoms with van der Waals surface area (Å²) in [6.45, 7) is 9.26. The predicted molar refractivity (Wildman–Crippen MR) is 135 cm³/mol. The largest absolute Gasteiger partial charge is 0.493 e. The van der Waals surface area contributed by atoms with Crippen molar-refractivity contribution in [2.24, 2.45) is 0 Å². The molecular weight excluding hydrogens is 442 g/mol. The number of hydrogen-bond donors (Lipinski definition) is 0. The zero-order valence-corrected chi connectivity index (χ0v) is 20.2. The van der Waals surface area contributed by atoms with Gasteiger partial charge in [0.15, 0.2) is 11.5 Å². The molecule has 0 unspecified atom stereocenters. The van der Waals surface area contributed by atoms with Crippen molar-refractivity contribution in [3.05, 3.63) is 70.6 Å². The molecule has 1 amide bonds. The topological polar surface area (TPSA) is 48.0 Å². The minimum absolute atomic E-state index is 0.108. The van der Waals surface area contributed by atoms with E-state index in [4.69, 9.17) is 26.4 Å². The van der Waals surface area contributed by atoms with Gasteiger partial charge in [0.05, 0.1) is 25.2 Å². The molecule has 0 atom stereocenters. The number of rotatable bonds is 10. The Morgan fingerprint density at radius 2 is 1.78 bits per heavy atom. The van der Waals surface area contributed by atoms with Gasteiger partial charge in [-0.05, 0) is 49.2 Å². The molecule has 168 valence electrons. The Balaban J connectivity index is 1.56. The predicted octanol–water partition coefficient (Wildman–Crippen LogP) is 5.55. The maximum Gasteiger partial charge on any atom is 0.266 e. The van der Waals surface area contributed by atoms with Gasteiger partial charge in [0.25, 0.3) is 5.91 Å². The monoisotopic (exact) mass is 469 g/mol. The van der Waals surface area contributed by atoms with Gasteiger partial charge in [-0.15, -0.1) is 6.58 Å². The van der Waals surface area contributed by atoms with Gasteiger partial charge in [-0.3, -0.25) is 9.69 Å². The van der Waals surface area contributed by atoms with Gasteiger partial charge in [-0.2, -0.15) is 0 Å². The fraction of sp³-hybridized carbons (Fsp3) is 0.280.